The highest BCUT2D eigenvalue weighted by atomic mass is 19.1. The molecule has 0 spiro atoms. The summed E-state index contributed by atoms with van der Waals surface area (Å²) in [5.41, 5.74) is 1.52. The largest absolute Gasteiger partial charge is 0.472 e. The second-order valence-corrected chi connectivity index (χ2v) is 6.09. The molecule has 0 unspecified atom stereocenters. The minimum Gasteiger partial charge on any atom is -0.472 e. The first-order valence-electron chi connectivity index (χ1n) is 8.32. The molecule has 25 heavy (non-hydrogen) atoms. The van der Waals surface area contributed by atoms with Crippen molar-refractivity contribution in [3.05, 3.63) is 59.5 Å². The molecule has 2 aromatic rings. The van der Waals surface area contributed by atoms with Gasteiger partial charge in [0.1, 0.15) is 11.9 Å². The van der Waals surface area contributed by atoms with Gasteiger partial charge in [0.25, 0.3) is 5.91 Å². The number of nitrogens with zero attached hydrogens (tertiary/aromatic N) is 2. The van der Waals surface area contributed by atoms with Crippen LogP contribution in [0.2, 0.25) is 0 Å². The number of carbonyl (C=O) groups excluding carboxylic acids is 1. The molecule has 0 aliphatic carbocycles. The number of hydrogen-bond acceptors (Lipinski definition) is 4. The van der Waals surface area contributed by atoms with Crippen molar-refractivity contribution >= 4 is 5.91 Å². The molecule has 5 nitrogen and oxygen atoms in total. The maximum absolute atomic E-state index is 12.9. The predicted molar refractivity (Wildman–Crippen MR) is 91.2 cm³/mol. The topological polar surface area (TPSA) is 51.7 Å². The highest BCUT2D eigenvalue weighted by Crippen LogP contribution is 2.16. The van der Waals surface area contributed by atoms with Crippen molar-refractivity contribution in [2.75, 3.05) is 26.8 Å². The van der Waals surface area contributed by atoms with Crippen LogP contribution in [0.5, 0.6) is 5.88 Å². The molecule has 1 saturated heterocycles. The van der Waals surface area contributed by atoms with Gasteiger partial charge in [-0.05, 0) is 30.2 Å². The van der Waals surface area contributed by atoms with Crippen LogP contribution in [0.4, 0.5) is 4.39 Å². The minimum absolute atomic E-state index is 0.00550. The van der Waals surface area contributed by atoms with Gasteiger partial charge in [0, 0.05) is 37.8 Å². The Morgan fingerprint density at radius 1 is 1.36 bits per heavy atom. The van der Waals surface area contributed by atoms with Gasteiger partial charge < -0.3 is 14.4 Å². The lowest BCUT2D eigenvalue weighted by Crippen LogP contribution is -2.29. The van der Waals surface area contributed by atoms with Crippen LogP contribution in [-0.2, 0) is 11.2 Å². The van der Waals surface area contributed by atoms with Crippen LogP contribution in [0.25, 0.3) is 0 Å². The standard InChI is InChI=1S/C19H21FN2O3/c1-22(10-7-14-2-4-16(20)5-3-14)19(23)15-6-9-21-18(12-15)25-17-8-11-24-13-17/h2-6,9,12,17H,7-8,10-11,13H2,1H3/t17-/m1/s1. The van der Waals surface area contributed by atoms with Crippen molar-refractivity contribution in [1.29, 1.82) is 0 Å². The van der Waals surface area contributed by atoms with Crippen molar-refractivity contribution in [3.63, 3.8) is 0 Å². The van der Waals surface area contributed by atoms with Gasteiger partial charge in [-0.2, -0.15) is 0 Å². The van der Waals surface area contributed by atoms with E-state index < -0.39 is 0 Å². The summed E-state index contributed by atoms with van der Waals surface area (Å²) in [6.45, 7) is 1.78. The van der Waals surface area contributed by atoms with Crippen molar-refractivity contribution in [2.24, 2.45) is 0 Å². The number of amides is 1. The van der Waals surface area contributed by atoms with E-state index in [0.717, 1.165) is 12.0 Å². The van der Waals surface area contributed by atoms with Gasteiger partial charge in [-0.25, -0.2) is 9.37 Å². The number of benzene rings is 1. The lowest BCUT2D eigenvalue weighted by molar-refractivity contribution is 0.0795. The third-order valence-electron chi connectivity index (χ3n) is 4.15. The van der Waals surface area contributed by atoms with Gasteiger partial charge in [0.15, 0.2) is 0 Å². The molecule has 1 atom stereocenters. The van der Waals surface area contributed by atoms with E-state index in [-0.39, 0.29) is 17.8 Å². The molecule has 0 N–H and O–H groups in total. The number of rotatable bonds is 6. The SMILES string of the molecule is CN(CCc1ccc(F)cc1)C(=O)c1ccnc(O[C@@H]2CCOC2)c1. The van der Waals surface area contributed by atoms with E-state index in [2.05, 4.69) is 4.98 Å². The Morgan fingerprint density at radius 3 is 2.88 bits per heavy atom. The van der Waals surface area contributed by atoms with Crippen LogP contribution < -0.4 is 4.74 Å². The van der Waals surface area contributed by atoms with Crippen LogP contribution in [0, 0.1) is 5.82 Å². The monoisotopic (exact) mass is 344 g/mol. The number of likely N-dealkylation sites (N-methyl/N-ethyl adjacent to an activating group) is 1. The summed E-state index contributed by atoms with van der Waals surface area (Å²) in [5.74, 6) is 0.0791. The maximum atomic E-state index is 12.9. The molecule has 1 amide bonds. The van der Waals surface area contributed by atoms with Crippen LogP contribution in [0.3, 0.4) is 0 Å². The molecule has 1 aromatic heterocycles. The molecule has 0 bridgehead atoms. The van der Waals surface area contributed by atoms with Crippen LogP contribution in [0.1, 0.15) is 22.3 Å². The van der Waals surface area contributed by atoms with Gasteiger partial charge in [-0.15, -0.1) is 0 Å². The molecule has 0 radical (unpaired) electrons. The molecular formula is C19H21FN2O3. The van der Waals surface area contributed by atoms with Crippen molar-refractivity contribution in [1.82, 2.24) is 9.88 Å². The Kier molecular flexibility index (Phi) is 5.60. The first-order valence-corrected chi connectivity index (χ1v) is 8.32. The Hall–Kier alpha value is -2.47. The summed E-state index contributed by atoms with van der Waals surface area (Å²) < 4.78 is 23.9. The lowest BCUT2D eigenvalue weighted by Gasteiger charge is -2.18. The quantitative estimate of drug-likeness (QED) is 0.808. The molecule has 3 rings (SSSR count). The van der Waals surface area contributed by atoms with Crippen LogP contribution in [0.15, 0.2) is 42.6 Å². The molecule has 1 fully saturated rings. The zero-order valence-electron chi connectivity index (χ0n) is 14.2. The van der Waals surface area contributed by atoms with Crippen molar-refractivity contribution in [2.45, 2.75) is 18.9 Å². The highest BCUT2D eigenvalue weighted by molar-refractivity contribution is 5.94. The molecule has 1 aromatic carbocycles. The minimum atomic E-state index is -0.259. The highest BCUT2D eigenvalue weighted by Gasteiger charge is 2.19. The van der Waals surface area contributed by atoms with E-state index in [1.165, 1.54) is 12.1 Å². The van der Waals surface area contributed by atoms with Gasteiger partial charge in [-0.3, -0.25) is 4.79 Å². The summed E-state index contributed by atoms with van der Waals surface area (Å²) in [5, 5.41) is 0. The molecular weight excluding hydrogens is 323 g/mol. The molecule has 2 heterocycles. The Morgan fingerprint density at radius 2 is 2.16 bits per heavy atom. The zero-order chi connectivity index (χ0) is 17.6. The number of hydrogen-bond donors (Lipinski definition) is 0. The summed E-state index contributed by atoms with van der Waals surface area (Å²) in [6, 6.07) is 9.65. The average molecular weight is 344 g/mol. The predicted octanol–water partition coefficient (Wildman–Crippen LogP) is 2.70. The second-order valence-electron chi connectivity index (χ2n) is 6.09. The van der Waals surface area contributed by atoms with E-state index in [9.17, 15) is 9.18 Å². The fourth-order valence-electron chi connectivity index (χ4n) is 2.65. The van der Waals surface area contributed by atoms with E-state index in [1.54, 1.807) is 42.4 Å². The number of aromatic nitrogens is 1. The van der Waals surface area contributed by atoms with E-state index in [4.69, 9.17) is 9.47 Å². The summed E-state index contributed by atoms with van der Waals surface area (Å²) in [4.78, 5) is 18.4. The van der Waals surface area contributed by atoms with E-state index in [1.807, 2.05) is 0 Å². The van der Waals surface area contributed by atoms with Crippen LogP contribution in [-0.4, -0.2) is 48.7 Å². The second kappa shape index (κ2) is 8.07. The van der Waals surface area contributed by atoms with Gasteiger partial charge in [0.05, 0.1) is 13.2 Å². The molecule has 132 valence electrons. The average Bonchev–Trinajstić information content (AvgIpc) is 3.13. The first kappa shape index (κ1) is 17.4. The number of halogens is 1. The molecule has 0 saturated carbocycles. The smallest absolute Gasteiger partial charge is 0.253 e. The van der Waals surface area contributed by atoms with Gasteiger partial charge in [-0.1, -0.05) is 12.1 Å². The fraction of sp³-hybridized carbons (Fsp3) is 0.368. The molecule has 1 aliphatic rings. The maximum Gasteiger partial charge on any atom is 0.253 e. The molecule has 6 heteroatoms. The normalized spacial score (nSPS) is 16.6. The van der Waals surface area contributed by atoms with Gasteiger partial charge >= 0.3 is 0 Å². The Balaban J connectivity index is 1.58. The summed E-state index contributed by atoms with van der Waals surface area (Å²) in [6.07, 6.45) is 3.06. The number of ether oxygens (including phenoxy) is 2. The number of carbonyl (C=O) groups is 1. The van der Waals surface area contributed by atoms with Crippen LogP contribution >= 0.6 is 0 Å². The third-order valence-corrected chi connectivity index (χ3v) is 4.15. The number of pyridine rings is 1. The zero-order valence-corrected chi connectivity index (χ0v) is 14.2. The van der Waals surface area contributed by atoms with Crippen molar-refractivity contribution in [3.8, 4) is 5.88 Å². The molecule has 1 aliphatic heterocycles. The Bertz CT molecular complexity index is 715. The summed E-state index contributed by atoms with van der Waals surface area (Å²) in [7, 11) is 1.75. The van der Waals surface area contributed by atoms with Crippen molar-refractivity contribution < 1.29 is 18.7 Å². The first-order chi connectivity index (χ1) is 12.1. The Labute approximate surface area is 146 Å². The van der Waals surface area contributed by atoms with E-state index in [0.29, 0.717) is 37.6 Å². The lowest BCUT2D eigenvalue weighted by atomic mass is 10.1. The van der Waals surface area contributed by atoms with Gasteiger partial charge in [0.2, 0.25) is 5.88 Å². The summed E-state index contributed by atoms with van der Waals surface area (Å²) >= 11 is 0. The van der Waals surface area contributed by atoms with E-state index >= 15 is 0 Å². The third kappa shape index (κ3) is 4.76. The fourth-order valence-corrected chi connectivity index (χ4v) is 2.65.